The monoisotopic (exact) mass is 358 g/mol. The van der Waals surface area contributed by atoms with Crippen LogP contribution in [0.1, 0.15) is 27.3 Å². The molecule has 3 rings (SSSR count). The fourth-order valence-corrected chi connectivity index (χ4v) is 2.90. The first-order valence-electron chi connectivity index (χ1n) is 8.00. The van der Waals surface area contributed by atoms with Gasteiger partial charge in [-0.25, -0.2) is 0 Å². The zero-order valence-electron chi connectivity index (χ0n) is 14.3. The van der Waals surface area contributed by atoms with Gasteiger partial charge in [0, 0.05) is 22.6 Å². The number of anilines is 1. The molecule has 1 aromatic heterocycles. The van der Waals surface area contributed by atoms with Crippen LogP contribution in [0.2, 0.25) is 0 Å². The lowest BCUT2D eigenvalue weighted by Gasteiger charge is -2.14. The number of alkyl halides is 3. The average molecular weight is 358 g/mol. The van der Waals surface area contributed by atoms with E-state index < -0.39 is 17.6 Å². The highest BCUT2D eigenvalue weighted by Crippen LogP contribution is 2.34. The summed E-state index contributed by atoms with van der Waals surface area (Å²) in [5.74, 6) is -0.592. The van der Waals surface area contributed by atoms with E-state index in [2.05, 4.69) is 5.32 Å². The second kappa shape index (κ2) is 6.71. The van der Waals surface area contributed by atoms with Gasteiger partial charge in [-0.15, -0.1) is 0 Å². The van der Waals surface area contributed by atoms with E-state index in [0.29, 0.717) is 0 Å². The van der Waals surface area contributed by atoms with Gasteiger partial charge < -0.3 is 9.88 Å². The van der Waals surface area contributed by atoms with Gasteiger partial charge in [-0.3, -0.25) is 4.79 Å². The van der Waals surface area contributed by atoms with Crippen molar-refractivity contribution in [3.63, 3.8) is 0 Å². The SMILES string of the molecule is Cc1ccc(C)n1-c1cccc(C(=O)Nc2ccccc2C(F)(F)F)c1. The third-order valence-electron chi connectivity index (χ3n) is 4.12. The molecule has 0 saturated carbocycles. The number of hydrogen-bond donors (Lipinski definition) is 1. The van der Waals surface area contributed by atoms with Crippen molar-refractivity contribution in [2.45, 2.75) is 20.0 Å². The molecule has 1 N–H and O–H groups in total. The molecule has 26 heavy (non-hydrogen) atoms. The largest absolute Gasteiger partial charge is 0.418 e. The molecule has 0 bridgehead atoms. The van der Waals surface area contributed by atoms with Gasteiger partial charge in [0.1, 0.15) is 0 Å². The van der Waals surface area contributed by atoms with Gasteiger partial charge in [0.2, 0.25) is 0 Å². The summed E-state index contributed by atoms with van der Waals surface area (Å²) < 4.78 is 41.2. The number of aryl methyl sites for hydroxylation is 2. The van der Waals surface area contributed by atoms with E-state index in [4.69, 9.17) is 0 Å². The van der Waals surface area contributed by atoms with E-state index in [1.807, 2.05) is 36.6 Å². The number of hydrogen-bond acceptors (Lipinski definition) is 1. The molecule has 134 valence electrons. The Morgan fingerprint density at radius 1 is 0.923 bits per heavy atom. The number of amides is 1. The molecule has 0 spiro atoms. The van der Waals surface area contributed by atoms with Gasteiger partial charge in [0.15, 0.2) is 0 Å². The van der Waals surface area contributed by atoms with E-state index in [1.165, 1.54) is 18.2 Å². The van der Waals surface area contributed by atoms with E-state index in [0.717, 1.165) is 23.1 Å². The molecular formula is C20H17F3N2O. The topological polar surface area (TPSA) is 34.0 Å². The Bertz CT molecular complexity index is 938. The Labute approximate surface area is 149 Å². The van der Waals surface area contributed by atoms with Crippen LogP contribution >= 0.6 is 0 Å². The zero-order valence-corrected chi connectivity index (χ0v) is 14.3. The van der Waals surface area contributed by atoms with Crippen molar-refractivity contribution in [2.24, 2.45) is 0 Å². The lowest BCUT2D eigenvalue weighted by molar-refractivity contribution is -0.136. The number of carbonyl (C=O) groups is 1. The van der Waals surface area contributed by atoms with Gasteiger partial charge >= 0.3 is 6.18 Å². The minimum atomic E-state index is -4.54. The highest BCUT2D eigenvalue weighted by atomic mass is 19.4. The van der Waals surface area contributed by atoms with Gasteiger partial charge in [-0.2, -0.15) is 13.2 Å². The quantitative estimate of drug-likeness (QED) is 0.671. The Morgan fingerprint density at radius 2 is 1.58 bits per heavy atom. The second-order valence-electron chi connectivity index (χ2n) is 6.00. The van der Waals surface area contributed by atoms with Crippen LogP contribution in [-0.4, -0.2) is 10.5 Å². The molecule has 0 aliphatic heterocycles. The van der Waals surface area contributed by atoms with Crippen LogP contribution in [0.5, 0.6) is 0 Å². The summed E-state index contributed by atoms with van der Waals surface area (Å²) in [5, 5.41) is 2.37. The number of nitrogens with zero attached hydrogens (tertiary/aromatic N) is 1. The van der Waals surface area contributed by atoms with Crippen molar-refractivity contribution in [3.8, 4) is 5.69 Å². The van der Waals surface area contributed by atoms with Gasteiger partial charge in [-0.1, -0.05) is 18.2 Å². The van der Waals surface area contributed by atoms with Crippen LogP contribution < -0.4 is 5.32 Å². The summed E-state index contributed by atoms with van der Waals surface area (Å²) in [7, 11) is 0. The first-order chi connectivity index (χ1) is 12.3. The smallest absolute Gasteiger partial charge is 0.321 e. The van der Waals surface area contributed by atoms with Crippen LogP contribution in [0.15, 0.2) is 60.7 Å². The number of rotatable bonds is 3. The van der Waals surface area contributed by atoms with E-state index in [9.17, 15) is 18.0 Å². The second-order valence-corrected chi connectivity index (χ2v) is 6.00. The summed E-state index contributed by atoms with van der Waals surface area (Å²) in [6.07, 6.45) is -4.54. The highest BCUT2D eigenvalue weighted by molar-refractivity contribution is 6.05. The molecule has 1 heterocycles. The maximum absolute atomic E-state index is 13.1. The number of para-hydroxylation sites is 1. The Kier molecular flexibility index (Phi) is 4.59. The fraction of sp³-hybridized carbons (Fsp3) is 0.150. The maximum atomic E-state index is 13.1. The predicted octanol–water partition coefficient (Wildman–Crippen LogP) is 5.37. The maximum Gasteiger partial charge on any atom is 0.418 e. The molecule has 0 aliphatic carbocycles. The molecule has 2 aromatic carbocycles. The lowest BCUT2D eigenvalue weighted by Crippen LogP contribution is -2.17. The highest BCUT2D eigenvalue weighted by Gasteiger charge is 2.33. The molecule has 0 atom stereocenters. The minimum Gasteiger partial charge on any atom is -0.321 e. The van der Waals surface area contributed by atoms with Crippen LogP contribution in [-0.2, 0) is 6.18 Å². The lowest BCUT2D eigenvalue weighted by atomic mass is 10.1. The summed E-state index contributed by atoms with van der Waals surface area (Å²) in [5.41, 5.74) is 1.93. The molecule has 0 saturated heterocycles. The number of aromatic nitrogens is 1. The predicted molar refractivity (Wildman–Crippen MR) is 94.6 cm³/mol. The molecule has 0 fully saturated rings. The summed E-state index contributed by atoms with van der Waals surface area (Å²) in [4.78, 5) is 12.5. The average Bonchev–Trinajstić information content (AvgIpc) is 2.93. The molecular weight excluding hydrogens is 341 g/mol. The van der Waals surface area contributed by atoms with Crippen LogP contribution in [0.25, 0.3) is 5.69 Å². The van der Waals surface area contributed by atoms with Crippen LogP contribution in [0, 0.1) is 13.8 Å². The van der Waals surface area contributed by atoms with Crippen molar-refractivity contribution in [3.05, 3.63) is 83.2 Å². The summed E-state index contributed by atoms with van der Waals surface area (Å²) >= 11 is 0. The minimum absolute atomic E-state index is 0.260. The Morgan fingerprint density at radius 3 is 2.23 bits per heavy atom. The number of carbonyl (C=O) groups excluding carboxylic acids is 1. The normalized spacial score (nSPS) is 11.4. The van der Waals surface area contributed by atoms with Crippen molar-refractivity contribution in [1.29, 1.82) is 0 Å². The zero-order chi connectivity index (χ0) is 18.9. The fourth-order valence-electron chi connectivity index (χ4n) is 2.90. The summed E-state index contributed by atoms with van der Waals surface area (Å²) in [6, 6.07) is 15.6. The molecule has 6 heteroatoms. The molecule has 0 radical (unpaired) electrons. The third kappa shape index (κ3) is 3.49. The first-order valence-corrected chi connectivity index (χ1v) is 8.00. The first kappa shape index (κ1) is 17.8. The van der Waals surface area contributed by atoms with E-state index in [1.54, 1.807) is 18.2 Å². The van der Waals surface area contributed by atoms with Crippen molar-refractivity contribution >= 4 is 11.6 Å². The van der Waals surface area contributed by atoms with E-state index >= 15 is 0 Å². The number of nitrogens with one attached hydrogen (secondary N) is 1. The molecule has 3 nitrogen and oxygen atoms in total. The number of halogens is 3. The Balaban J connectivity index is 1.92. The van der Waals surface area contributed by atoms with Gasteiger partial charge in [0.25, 0.3) is 5.91 Å². The van der Waals surface area contributed by atoms with Crippen LogP contribution in [0.3, 0.4) is 0 Å². The van der Waals surface area contributed by atoms with Gasteiger partial charge in [-0.05, 0) is 56.3 Å². The standard InChI is InChI=1S/C20H17F3N2O/c1-13-10-11-14(2)25(13)16-7-5-6-15(12-16)19(26)24-18-9-4-3-8-17(18)20(21,22)23/h3-12H,1-2H3,(H,24,26). The molecule has 3 aromatic rings. The van der Waals surface area contributed by atoms with Crippen LogP contribution in [0.4, 0.5) is 18.9 Å². The summed E-state index contributed by atoms with van der Waals surface area (Å²) in [6.45, 7) is 3.89. The van der Waals surface area contributed by atoms with E-state index in [-0.39, 0.29) is 11.3 Å². The molecule has 1 amide bonds. The van der Waals surface area contributed by atoms with Crippen molar-refractivity contribution in [1.82, 2.24) is 4.57 Å². The third-order valence-corrected chi connectivity index (χ3v) is 4.12. The Hall–Kier alpha value is -3.02. The molecule has 0 unspecified atom stereocenters. The number of benzene rings is 2. The van der Waals surface area contributed by atoms with Gasteiger partial charge in [0.05, 0.1) is 11.3 Å². The van der Waals surface area contributed by atoms with Crippen molar-refractivity contribution in [2.75, 3.05) is 5.32 Å². The van der Waals surface area contributed by atoms with Crippen molar-refractivity contribution < 1.29 is 18.0 Å². The molecule has 0 aliphatic rings.